The van der Waals surface area contributed by atoms with Crippen LogP contribution in [0.5, 0.6) is 5.75 Å². The number of aliphatic hydroxyl groups excluding tert-OH is 1. The third kappa shape index (κ3) is 3.39. The number of Topliss-reactive ketones (excluding diaryl/α,β-unsaturated/α-hetero) is 1. The Morgan fingerprint density at radius 2 is 1.91 bits per heavy atom. The topological polar surface area (TPSA) is 83.8 Å². The minimum absolute atomic E-state index is 0.00954. The molecular formula is C27H31Cl2FO5. The number of aliphatic hydroxyl groups is 2. The van der Waals surface area contributed by atoms with E-state index in [-0.39, 0.29) is 36.7 Å². The molecule has 7 atom stereocenters. The summed E-state index contributed by atoms with van der Waals surface area (Å²) >= 11 is 12.1. The number of carbonyl (C=O) groups excluding carboxylic acids is 2. The van der Waals surface area contributed by atoms with Crippen LogP contribution in [0.2, 0.25) is 10.0 Å². The third-order valence-electron chi connectivity index (χ3n) is 9.91. The summed E-state index contributed by atoms with van der Waals surface area (Å²) in [6.07, 6.45) is 2.51. The van der Waals surface area contributed by atoms with E-state index in [1.54, 1.807) is 25.1 Å². The van der Waals surface area contributed by atoms with Crippen LogP contribution in [0.3, 0.4) is 0 Å². The average Bonchev–Trinajstić information content (AvgIpc) is 3.07. The summed E-state index contributed by atoms with van der Waals surface area (Å²) in [5.41, 5.74) is -4.83. The van der Waals surface area contributed by atoms with Crippen LogP contribution in [0.4, 0.5) is 4.39 Å². The van der Waals surface area contributed by atoms with Crippen molar-refractivity contribution in [3.8, 4) is 5.75 Å². The monoisotopic (exact) mass is 524 g/mol. The molecule has 0 radical (unpaired) electrons. The summed E-state index contributed by atoms with van der Waals surface area (Å²) in [6, 6.07) is 4.68. The van der Waals surface area contributed by atoms with Crippen LogP contribution < -0.4 is 4.74 Å². The predicted octanol–water partition coefficient (Wildman–Crippen LogP) is 5.27. The van der Waals surface area contributed by atoms with Crippen LogP contribution in [0.1, 0.15) is 58.8 Å². The van der Waals surface area contributed by atoms with Crippen LogP contribution in [0.15, 0.2) is 29.8 Å². The van der Waals surface area contributed by atoms with Gasteiger partial charge in [0, 0.05) is 34.3 Å². The van der Waals surface area contributed by atoms with Gasteiger partial charge in [-0.2, -0.15) is 0 Å². The van der Waals surface area contributed by atoms with Crippen molar-refractivity contribution >= 4 is 34.8 Å². The zero-order valence-electron chi connectivity index (χ0n) is 20.0. The van der Waals surface area contributed by atoms with Crippen molar-refractivity contribution in [3.05, 3.63) is 39.9 Å². The quantitative estimate of drug-likeness (QED) is 0.560. The molecule has 1 aromatic carbocycles. The first kappa shape index (κ1) is 25.2. The van der Waals surface area contributed by atoms with E-state index in [0.717, 1.165) is 5.57 Å². The fraction of sp³-hybridized carbons (Fsp3) is 0.630. The number of benzene rings is 1. The highest BCUT2D eigenvalue weighted by Crippen LogP contribution is 2.70. The smallest absolute Gasteiger partial charge is 0.202 e. The first-order valence-corrected chi connectivity index (χ1v) is 13.1. The van der Waals surface area contributed by atoms with Gasteiger partial charge in [-0.1, -0.05) is 42.6 Å². The molecule has 4 aliphatic rings. The lowest BCUT2D eigenvalue weighted by molar-refractivity contribution is -0.226. The Balaban J connectivity index is 1.43. The molecule has 5 nitrogen and oxygen atoms in total. The minimum Gasteiger partial charge on any atom is -0.484 e. The first-order chi connectivity index (χ1) is 16.4. The van der Waals surface area contributed by atoms with E-state index in [1.807, 2.05) is 6.92 Å². The van der Waals surface area contributed by atoms with Gasteiger partial charge in [0.05, 0.1) is 11.1 Å². The number of hydrogen-bond donors (Lipinski definition) is 2. The number of fused-ring (bicyclic) bond motifs is 5. The first-order valence-electron chi connectivity index (χ1n) is 12.3. The van der Waals surface area contributed by atoms with Crippen LogP contribution >= 0.6 is 23.2 Å². The maximum atomic E-state index is 17.2. The Morgan fingerprint density at radius 1 is 1.17 bits per heavy atom. The molecule has 4 aliphatic carbocycles. The molecule has 0 aromatic heterocycles. The fourth-order valence-corrected chi connectivity index (χ4v) is 8.22. The molecule has 0 amide bonds. The number of halogens is 3. The number of carbonyl (C=O) groups is 2. The van der Waals surface area contributed by atoms with Crippen LogP contribution in [0, 0.1) is 22.7 Å². The van der Waals surface area contributed by atoms with E-state index in [0.29, 0.717) is 35.7 Å². The lowest BCUT2D eigenvalue weighted by Gasteiger charge is -2.63. The standard InChI is InChI=1S/C27H31Cl2FO5/c1-24-9-7-17(31)11-15(24)3-5-19-18-8-10-26(34,25(18,2)13-22(32)27(19,24)30)23(33)14-35-21-12-16(28)4-6-20(21)29/h4,6,11-12,18-19,22,32,34H,3,5,7-10,13-14H2,1-2H3/t18?,19?,22-,24?,25?,26-,27-/m0/s1. The van der Waals surface area contributed by atoms with Gasteiger partial charge in [0.15, 0.2) is 5.78 Å². The van der Waals surface area contributed by atoms with E-state index >= 15 is 4.39 Å². The molecule has 0 spiro atoms. The van der Waals surface area contributed by atoms with Gasteiger partial charge in [-0.3, -0.25) is 9.59 Å². The highest BCUT2D eigenvalue weighted by Gasteiger charge is 2.74. The second-order valence-corrected chi connectivity index (χ2v) is 12.2. The van der Waals surface area contributed by atoms with Gasteiger partial charge in [0.2, 0.25) is 5.78 Å². The summed E-state index contributed by atoms with van der Waals surface area (Å²) in [7, 11) is 0. The molecule has 4 unspecified atom stereocenters. The summed E-state index contributed by atoms with van der Waals surface area (Å²) in [5, 5.41) is 23.8. The van der Waals surface area contributed by atoms with Crippen LogP contribution in [-0.2, 0) is 9.59 Å². The predicted molar refractivity (Wildman–Crippen MR) is 130 cm³/mol. The maximum Gasteiger partial charge on any atom is 0.202 e. The zero-order valence-corrected chi connectivity index (χ0v) is 21.5. The number of ketones is 2. The van der Waals surface area contributed by atoms with Gasteiger partial charge in [-0.15, -0.1) is 0 Å². The molecule has 0 heterocycles. The lowest BCUT2D eigenvalue weighted by Crippen LogP contribution is -2.69. The number of ether oxygens (including phenoxy) is 1. The maximum absolute atomic E-state index is 17.2. The normalized spacial score (nSPS) is 42.5. The largest absolute Gasteiger partial charge is 0.484 e. The second-order valence-electron chi connectivity index (χ2n) is 11.3. The van der Waals surface area contributed by atoms with Crippen molar-refractivity contribution in [1.82, 2.24) is 0 Å². The van der Waals surface area contributed by atoms with Gasteiger partial charge < -0.3 is 14.9 Å². The van der Waals surface area contributed by atoms with Crippen molar-refractivity contribution < 1.29 is 28.9 Å². The van der Waals surface area contributed by atoms with Crippen molar-refractivity contribution in [2.24, 2.45) is 22.7 Å². The molecule has 0 bridgehead atoms. The van der Waals surface area contributed by atoms with Gasteiger partial charge >= 0.3 is 0 Å². The number of rotatable bonds is 4. The summed E-state index contributed by atoms with van der Waals surface area (Å²) in [6.45, 7) is 3.22. The molecule has 190 valence electrons. The molecular weight excluding hydrogens is 494 g/mol. The Morgan fingerprint density at radius 3 is 2.66 bits per heavy atom. The van der Waals surface area contributed by atoms with E-state index in [2.05, 4.69) is 0 Å². The highest BCUT2D eigenvalue weighted by atomic mass is 35.5. The summed E-state index contributed by atoms with van der Waals surface area (Å²) in [5.74, 6) is -1.06. The molecule has 3 fully saturated rings. The van der Waals surface area contributed by atoms with Gasteiger partial charge in [-0.25, -0.2) is 4.39 Å². The fourth-order valence-electron chi connectivity index (χ4n) is 7.88. The minimum atomic E-state index is -1.92. The number of allylic oxidation sites excluding steroid dienone is 1. The van der Waals surface area contributed by atoms with E-state index in [9.17, 15) is 19.8 Å². The number of alkyl halides is 1. The van der Waals surface area contributed by atoms with Crippen molar-refractivity contribution in [1.29, 1.82) is 0 Å². The Bertz CT molecular complexity index is 1120. The molecule has 0 saturated heterocycles. The van der Waals surface area contributed by atoms with Gasteiger partial charge in [0.1, 0.15) is 23.6 Å². The zero-order chi connectivity index (χ0) is 25.4. The van der Waals surface area contributed by atoms with E-state index < -0.39 is 46.5 Å². The van der Waals surface area contributed by atoms with Crippen LogP contribution in [0.25, 0.3) is 0 Å². The third-order valence-corrected chi connectivity index (χ3v) is 10.5. The number of hydrogen-bond acceptors (Lipinski definition) is 5. The summed E-state index contributed by atoms with van der Waals surface area (Å²) < 4.78 is 22.8. The second kappa shape index (κ2) is 8.27. The average molecular weight is 525 g/mol. The van der Waals surface area contributed by atoms with Crippen LogP contribution in [-0.4, -0.2) is 45.8 Å². The van der Waals surface area contributed by atoms with Gasteiger partial charge in [-0.05, 0) is 62.7 Å². The molecule has 8 heteroatoms. The Labute approximate surface area is 214 Å². The molecule has 5 rings (SSSR count). The van der Waals surface area contributed by atoms with E-state index in [1.165, 1.54) is 6.07 Å². The molecule has 2 N–H and O–H groups in total. The molecule has 35 heavy (non-hydrogen) atoms. The lowest BCUT2D eigenvalue weighted by atomic mass is 9.44. The molecule has 1 aromatic rings. The van der Waals surface area contributed by atoms with Gasteiger partial charge in [0.25, 0.3) is 0 Å². The van der Waals surface area contributed by atoms with Crippen molar-refractivity contribution in [2.45, 2.75) is 76.2 Å². The highest BCUT2D eigenvalue weighted by molar-refractivity contribution is 6.34. The van der Waals surface area contributed by atoms with Crippen molar-refractivity contribution in [2.75, 3.05) is 6.61 Å². The Hall–Kier alpha value is -1.47. The Kier molecular flexibility index (Phi) is 5.95. The molecule has 0 aliphatic heterocycles. The summed E-state index contributed by atoms with van der Waals surface area (Å²) in [4.78, 5) is 25.4. The SMILES string of the molecule is CC12C[C@H](O)[C@@]3(F)C(CCC4=CC(=O)CCC43C)C1CC[C@]2(O)C(=O)COc1cc(Cl)ccc1Cl. The van der Waals surface area contributed by atoms with Crippen molar-refractivity contribution in [3.63, 3.8) is 0 Å². The molecule has 3 saturated carbocycles. The van der Waals surface area contributed by atoms with E-state index in [4.69, 9.17) is 27.9 Å².